The molecule has 3 atom stereocenters. The van der Waals surface area contributed by atoms with E-state index < -0.39 is 52.9 Å². The number of β-lactam (4-membered cyclic amide) rings is 1. The van der Waals surface area contributed by atoms with Crippen LogP contribution < -0.4 is 15.4 Å². The molecule has 16 heteroatoms. The highest BCUT2D eigenvalue weighted by atomic mass is 127. The lowest BCUT2D eigenvalue weighted by Crippen LogP contribution is -2.71. The molecule has 9 rings (SSSR count). The lowest BCUT2D eigenvalue weighted by molar-refractivity contribution is -0.160. The van der Waals surface area contributed by atoms with Crippen LogP contribution >= 0.6 is 45.7 Å². The standard InChI is InChI=1S/C56H48IN5O8S2/c1-36(53(65)69-49(38-18-8-3-9-19-38)39-20-10-4-11-21-39)70-61-46(45-35-72-55(58-45)60-56(41-22-12-5-13-23-41,42-24-14-6-15-25-42)43-26-16-7-17-27-43)50(63)59-47-51(64)62-48(40(32-57)34-71-52(47)62)54(66)68-33-37-28-30-44(67-2)31-29-37/h3-31,35-36,47,49,52H,32-34H2,1-2H3,(H,58,60)(H,59,63)/t36-,47?,52-/m0/s1. The van der Waals surface area contributed by atoms with Crippen molar-refractivity contribution in [1.29, 1.82) is 0 Å². The summed E-state index contributed by atoms with van der Waals surface area (Å²) in [7, 11) is 1.57. The van der Waals surface area contributed by atoms with Gasteiger partial charge in [0.15, 0.2) is 16.9 Å². The van der Waals surface area contributed by atoms with Crippen LogP contribution in [0.3, 0.4) is 0 Å². The van der Waals surface area contributed by atoms with Crippen LogP contribution in [0.15, 0.2) is 198 Å². The summed E-state index contributed by atoms with van der Waals surface area (Å²) in [6.07, 6.45) is -2.05. The molecular weight excluding hydrogens is 1060 g/mol. The molecule has 2 amide bonds. The van der Waals surface area contributed by atoms with Gasteiger partial charge in [0.1, 0.15) is 40.7 Å². The van der Waals surface area contributed by atoms with Crippen molar-refractivity contribution in [1.82, 2.24) is 15.2 Å². The van der Waals surface area contributed by atoms with Gasteiger partial charge in [-0.1, -0.05) is 192 Å². The Morgan fingerprint density at radius 1 is 0.792 bits per heavy atom. The van der Waals surface area contributed by atoms with Crippen molar-refractivity contribution in [3.8, 4) is 5.75 Å². The van der Waals surface area contributed by atoms with E-state index in [2.05, 4.69) is 38.4 Å². The van der Waals surface area contributed by atoms with Crippen LogP contribution in [0.25, 0.3) is 0 Å². The maximum absolute atomic E-state index is 14.7. The van der Waals surface area contributed by atoms with Crippen molar-refractivity contribution in [2.45, 2.75) is 42.7 Å². The predicted octanol–water partition coefficient (Wildman–Crippen LogP) is 9.83. The van der Waals surface area contributed by atoms with Gasteiger partial charge in [0.2, 0.25) is 6.10 Å². The molecule has 0 radical (unpaired) electrons. The lowest BCUT2D eigenvalue weighted by atomic mass is 9.77. The van der Waals surface area contributed by atoms with E-state index >= 15 is 0 Å². The van der Waals surface area contributed by atoms with Gasteiger partial charge in [0.05, 0.1) is 7.11 Å². The first-order valence-corrected chi connectivity index (χ1v) is 26.4. The van der Waals surface area contributed by atoms with Crippen LogP contribution in [-0.2, 0) is 45.6 Å². The van der Waals surface area contributed by atoms with Gasteiger partial charge in [-0.15, -0.1) is 23.1 Å². The summed E-state index contributed by atoms with van der Waals surface area (Å²) < 4.78 is 17.5. The fourth-order valence-corrected chi connectivity index (χ4v) is 11.6. The highest BCUT2D eigenvalue weighted by Gasteiger charge is 2.54. The number of alkyl halides is 1. The monoisotopic (exact) mass is 1110 g/mol. The second-order valence-electron chi connectivity index (χ2n) is 16.7. The molecule has 6 aromatic carbocycles. The number of ether oxygens (including phenoxy) is 3. The second-order valence-corrected chi connectivity index (χ2v) is 19.4. The van der Waals surface area contributed by atoms with E-state index in [0.717, 1.165) is 39.0 Å². The van der Waals surface area contributed by atoms with Crippen LogP contribution in [0.5, 0.6) is 5.75 Å². The maximum atomic E-state index is 14.7. The van der Waals surface area contributed by atoms with E-state index in [-0.39, 0.29) is 23.7 Å². The summed E-state index contributed by atoms with van der Waals surface area (Å²) in [6.45, 7) is 1.47. The lowest BCUT2D eigenvalue weighted by Gasteiger charge is -2.49. The van der Waals surface area contributed by atoms with E-state index in [1.54, 1.807) is 36.8 Å². The van der Waals surface area contributed by atoms with E-state index in [0.29, 0.717) is 21.1 Å². The van der Waals surface area contributed by atoms with Crippen LogP contribution in [0, 0.1) is 0 Å². The highest BCUT2D eigenvalue weighted by molar-refractivity contribution is 14.1. The number of thiazole rings is 1. The summed E-state index contributed by atoms with van der Waals surface area (Å²) in [5, 5.41) is 12.4. The first kappa shape index (κ1) is 49.7. The molecule has 3 heterocycles. The van der Waals surface area contributed by atoms with E-state index in [9.17, 15) is 19.2 Å². The minimum absolute atomic E-state index is 0.0144. The third kappa shape index (κ3) is 10.7. The van der Waals surface area contributed by atoms with Crippen molar-refractivity contribution in [3.05, 3.63) is 232 Å². The summed E-state index contributed by atoms with van der Waals surface area (Å²) >= 11 is 4.84. The molecule has 0 aliphatic carbocycles. The summed E-state index contributed by atoms with van der Waals surface area (Å²) in [5.74, 6) is -1.56. The molecule has 1 aromatic heterocycles. The third-order valence-electron chi connectivity index (χ3n) is 12.2. The number of halogens is 1. The van der Waals surface area contributed by atoms with Crippen LogP contribution in [0.2, 0.25) is 0 Å². The molecule has 1 saturated heterocycles. The zero-order chi connectivity index (χ0) is 50.0. The topological polar surface area (TPSA) is 158 Å². The molecule has 72 heavy (non-hydrogen) atoms. The van der Waals surface area contributed by atoms with Crippen molar-refractivity contribution < 1.29 is 38.2 Å². The molecule has 0 saturated carbocycles. The van der Waals surface area contributed by atoms with Gasteiger partial charge >= 0.3 is 11.9 Å². The highest BCUT2D eigenvalue weighted by Crippen LogP contribution is 2.43. The molecule has 2 aliphatic rings. The van der Waals surface area contributed by atoms with Crippen molar-refractivity contribution in [2.75, 3.05) is 22.6 Å². The summed E-state index contributed by atoms with van der Waals surface area (Å²) in [6, 6.07) is 54.8. The number of hydrogen-bond donors (Lipinski definition) is 2. The Kier molecular flexibility index (Phi) is 15.8. The number of methoxy groups -OCH3 is 1. The number of fused-ring (bicyclic) bond motifs is 1. The number of benzene rings is 6. The number of nitrogens with one attached hydrogen (secondary N) is 2. The number of thioether (sulfide) groups is 1. The maximum Gasteiger partial charge on any atom is 0.355 e. The van der Waals surface area contributed by atoms with E-state index in [4.69, 9.17) is 24.0 Å². The minimum Gasteiger partial charge on any atom is -0.497 e. The van der Waals surface area contributed by atoms with Gasteiger partial charge in [-0.05, 0) is 58.0 Å². The van der Waals surface area contributed by atoms with Gasteiger partial charge in [-0.25, -0.2) is 14.6 Å². The van der Waals surface area contributed by atoms with Crippen LogP contribution in [-0.4, -0.2) is 74.2 Å². The Balaban J connectivity index is 1.01. The van der Waals surface area contributed by atoms with Crippen LogP contribution in [0.4, 0.5) is 5.13 Å². The number of hydrogen-bond acceptors (Lipinski definition) is 13. The van der Waals surface area contributed by atoms with E-state index in [1.165, 1.54) is 34.9 Å². The second kappa shape index (κ2) is 22.9. The molecule has 0 spiro atoms. The largest absolute Gasteiger partial charge is 0.497 e. The number of aromatic nitrogens is 1. The molecule has 1 fully saturated rings. The number of oxime groups is 1. The normalized spacial score (nSPS) is 16.0. The Hall–Kier alpha value is -7.28. The van der Waals surface area contributed by atoms with Crippen LogP contribution in [0.1, 0.15) is 52.1 Å². The SMILES string of the molecule is COc1ccc(COC(=O)C2=C(CI)CS[C@H]3C(NC(=O)C(=NO[C@@H](C)C(=O)OC(c4ccccc4)c4ccccc4)c4csc(NC(c5ccccc5)(c5ccccc5)c5ccccc5)n4)C(=O)N23)cc1. The van der Waals surface area contributed by atoms with Gasteiger partial charge in [0, 0.05) is 15.6 Å². The van der Waals surface area contributed by atoms with Gasteiger partial charge < -0.3 is 29.7 Å². The molecule has 2 aliphatic heterocycles. The van der Waals surface area contributed by atoms with Crippen molar-refractivity contribution in [2.24, 2.45) is 5.16 Å². The molecule has 2 N–H and O–H groups in total. The van der Waals surface area contributed by atoms with Gasteiger partial charge in [-0.2, -0.15) is 0 Å². The fourth-order valence-electron chi connectivity index (χ4n) is 8.48. The Morgan fingerprint density at radius 3 is 1.86 bits per heavy atom. The van der Waals surface area contributed by atoms with Crippen molar-refractivity contribution >= 4 is 80.3 Å². The molecule has 0 bridgehead atoms. The molecule has 13 nitrogen and oxygen atoms in total. The van der Waals surface area contributed by atoms with Crippen molar-refractivity contribution in [3.63, 3.8) is 0 Å². The van der Waals surface area contributed by atoms with E-state index in [1.807, 2.05) is 152 Å². The number of esters is 2. The molecular formula is C56H48IN5O8S2. The zero-order valence-corrected chi connectivity index (χ0v) is 42.8. The average Bonchev–Trinajstić information content (AvgIpc) is 3.90. The average molecular weight is 1110 g/mol. The summed E-state index contributed by atoms with van der Waals surface area (Å²) in [4.78, 5) is 68.7. The number of anilines is 1. The number of carbonyl (C=O) groups excluding carboxylic acids is 4. The minimum atomic E-state index is -1.29. The number of amides is 2. The Bertz CT molecular complexity index is 2940. The van der Waals surface area contributed by atoms with Gasteiger partial charge in [0.25, 0.3) is 11.8 Å². The fraction of sp³-hybridized carbons (Fsp3) is 0.179. The number of rotatable bonds is 19. The first-order chi connectivity index (χ1) is 35.2. The summed E-state index contributed by atoms with van der Waals surface area (Å²) in [5.41, 5.74) is 4.85. The third-order valence-corrected chi connectivity index (χ3v) is 15.2. The Labute approximate surface area is 438 Å². The number of nitrogens with zero attached hydrogens (tertiary/aromatic N) is 3. The van der Waals surface area contributed by atoms with Gasteiger partial charge in [-0.3, -0.25) is 14.5 Å². The number of carbonyl (C=O) groups is 4. The zero-order valence-electron chi connectivity index (χ0n) is 39.1. The molecule has 7 aromatic rings. The quantitative estimate of drug-likeness (QED) is 0.0151. The molecule has 1 unspecified atom stereocenters. The first-order valence-electron chi connectivity index (χ1n) is 23.0. The Morgan fingerprint density at radius 2 is 1.33 bits per heavy atom. The smallest absolute Gasteiger partial charge is 0.355 e. The predicted molar refractivity (Wildman–Crippen MR) is 287 cm³/mol. The molecule has 364 valence electrons.